The van der Waals surface area contributed by atoms with Gasteiger partial charge in [0.1, 0.15) is 25.2 Å². The number of hydrogen-bond acceptors (Lipinski definition) is 3. The summed E-state index contributed by atoms with van der Waals surface area (Å²) in [5.74, 6) is -0.114. The maximum atomic E-state index is 13.7. The molecule has 1 atom stereocenters. The standard InChI is InChI=1S/C13H22FN2OS/c1-5-8-16(17,18)15-12-7-6-11(14)13(9(2)3)10(12)4/h6-7,9,15,17-18H,5,8H2,1-4H3/q+1. The summed E-state index contributed by atoms with van der Waals surface area (Å²) in [5, 5.41) is 9.99. The van der Waals surface area contributed by atoms with Crippen LogP contribution in [0.4, 0.5) is 10.1 Å². The van der Waals surface area contributed by atoms with Gasteiger partial charge in [0.25, 0.3) is 0 Å². The van der Waals surface area contributed by atoms with E-state index in [-0.39, 0.29) is 11.7 Å². The molecule has 0 aliphatic carbocycles. The zero-order valence-electron chi connectivity index (χ0n) is 11.4. The van der Waals surface area contributed by atoms with Gasteiger partial charge in [0.2, 0.25) is 0 Å². The maximum absolute atomic E-state index is 13.7. The number of hydrogen-bond donors (Lipinski definition) is 3. The molecule has 0 spiro atoms. The molecule has 102 valence electrons. The molecule has 0 saturated carbocycles. The van der Waals surface area contributed by atoms with Crippen molar-refractivity contribution in [2.75, 3.05) is 12.0 Å². The summed E-state index contributed by atoms with van der Waals surface area (Å²) < 4.78 is 13.2. The molecule has 3 nitrogen and oxygen atoms in total. The van der Waals surface area contributed by atoms with Gasteiger partial charge in [-0.25, -0.2) is 4.39 Å². The first-order valence-corrected chi connectivity index (χ1v) is 6.59. The Kier molecular flexibility index (Phi) is 5.01. The predicted molar refractivity (Wildman–Crippen MR) is 75.0 cm³/mol. The molecule has 0 fully saturated rings. The molecule has 0 aromatic heterocycles. The molecular formula is C13H22FN2OS+. The average molecular weight is 273 g/mol. The van der Waals surface area contributed by atoms with E-state index in [9.17, 15) is 9.60 Å². The fraction of sp³-hybridized carbons (Fsp3) is 0.538. The highest BCUT2D eigenvalue weighted by atomic mass is 32.1. The van der Waals surface area contributed by atoms with Crippen LogP contribution in [0.2, 0.25) is 0 Å². The van der Waals surface area contributed by atoms with Gasteiger partial charge in [-0.15, -0.1) is 0 Å². The number of nitrogens with one attached hydrogen (secondary N) is 1. The van der Waals surface area contributed by atoms with Gasteiger partial charge < -0.3 is 0 Å². The van der Waals surface area contributed by atoms with Gasteiger partial charge in [-0.3, -0.25) is 0 Å². The first-order chi connectivity index (χ1) is 8.28. The largest absolute Gasteiger partial charge is 0.207 e. The van der Waals surface area contributed by atoms with Gasteiger partial charge in [0.15, 0.2) is 0 Å². The van der Waals surface area contributed by atoms with Crippen molar-refractivity contribution < 1.29 is 13.8 Å². The van der Waals surface area contributed by atoms with Gasteiger partial charge in [0, 0.05) is 6.42 Å². The molecular weight excluding hydrogens is 251 g/mol. The van der Waals surface area contributed by atoms with Gasteiger partial charge in [-0.2, -0.15) is 10.6 Å². The van der Waals surface area contributed by atoms with E-state index in [0.29, 0.717) is 17.8 Å². The van der Waals surface area contributed by atoms with Crippen molar-refractivity contribution in [2.45, 2.75) is 40.0 Å². The van der Waals surface area contributed by atoms with Crippen LogP contribution in [0.25, 0.3) is 0 Å². The third kappa shape index (κ3) is 3.60. The minimum atomic E-state index is -0.597. The molecule has 18 heavy (non-hydrogen) atoms. The summed E-state index contributed by atoms with van der Waals surface area (Å²) in [6.45, 7) is 8.15. The highest BCUT2D eigenvalue weighted by Gasteiger charge is 2.22. The summed E-state index contributed by atoms with van der Waals surface area (Å²) in [5.41, 5.74) is 5.08. The van der Waals surface area contributed by atoms with Crippen LogP contribution in [-0.4, -0.2) is 15.9 Å². The van der Waals surface area contributed by atoms with E-state index in [1.54, 1.807) is 6.07 Å². The molecule has 1 unspecified atom stereocenters. The number of hydroxylamine groups is 1. The van der Waals surface area contributed by atoms with Gasteiger partial charge in [-0.1, -0.05) is 20.8 Å². The summed E-state index contributed by atoms with van der Waals surface area (Å²) in [6, 6.07) is 3.05. The lowest BCUT2D eigenvalue weighted by Crippen LogP contribution is -2.41. The second-order valence-corrected chi connectivity index (χ2v) is 5.52. The lowest BCUT2D eigenvalue weighted by molar-refractivity contribution is -0.972. The van der Waals surface area contributed by atoms with Crippen LogP contribution in [0.5, 0.6) is 0 Å². The Morgan fingerprint density at radius 2 is 2.06 bits per heavy atom. The molecule has 1 aromatic rings. The summed E-state index contributed by atoms with van der Waals surface area (Å²) in [4.78, 5) is 0. The van der Waals surface area contributed by atoms with E-state index in [1.807, 2.05) is 27.7 Å². The quantitative estimate of drug-likeness (QED) is 0.430. The number of nitrogens with zero attached hydrogens (tertiary/aromatic N) is 1. The van der Waals surface area contributed by atoms with Crippen molar-refractivity contribution in [2.24, 2.45) is 0 Å². The lowest BCUT2D eigenvalue weighted by Gasteiger charge is -2.25. The van der Waals surface area contributed by atoms with Crippen molar-refractivity contribution in [1.82, 2.24) is 0 Å². The van der Waals surface area contributed by atoms with E-state index in [4.69, 9.17) is 0 Å². The molecule has 0 aliphatic rings. The number of thiol groups is 1. The zero-order chi connectivity index (χ0) is 13.9. The fourth-order valence-electron chi connectivity index (χ4n) is 2.09. The Balaban J connectivity index is 3.08. The average Bonchev–Trinajstić information content (AvgIpc) is 2.21. The smallest absolute Gasteiger partial charge is 0.145 e. The number of quaternary nitrogens is 1. The first kappa shape index (κ1) is 15.3. The third-order valence-corrected chi connectivity index (χ3v) is 3.17. The molecule has 1 rings (SSSR count). The molecule has 0 bridgehead atoms. The molecule has 5 heteroatoms. The molecule has 0 saturated heterocycles. The van der Waals surface area contributed by atoms with Crippen LogP contribution >= 0.6 is 12.8 Å². The molecule has 0 heterocycles. The predicted octanol–water partition coefficient (Wildman–Crippen LogP) is 4.05. The van der Waals surface area contributed by atoms with Crippen LogP contribution in [0.15, 0.2) is 12.1 Å². The third-order valence-electron chi connectivity index (χ3n) is 2.87. The van der Waals surface area contributed by atoms with Gasteiger partial charge in [0.05, 0.1) is 5.69 Å². The zero-order valence-corrected chi connectivity index (χ0v) is 12.3. The van der Waals surface area contributed by atoms with Crippen LogP contribution in [-0.2, 0) is 0 Å². The van der Waals surface area contributed by atoms with E-state index >= 15 is 0 Å². The topological polar surface area (TPSA) is 32.3 Å². The minimum absolute atomic E-state index is 0.0958. The van der Waals surface area contributed by atoms with Crippen molar-refractivity contribution in [3.8, 4) is 0 Å². The Labute approximate surface area is 114 Å². The fourth-order valence-corrected chi connectivity index (χ4v) is 2.39. The van der Waals surface area contributed by atoms with E-state index in [1.165, 1.54) is 6.07 Å². The van der Waals surface area contributed by atoms with Crippen molar-refractivity contribution in [1.29, 1.82) is 0 Å². The Morgan fingerprint density at radius 1 is 1.44 bits per heavy atom. The first-order valence-electron chi connectivity index (χ1n) is 6.19. The second kappa shape index (κ2) is 5.91. The van der Waals surface area contributed by atoms with Crippen LogP contribution < -0.4 is 5.43 Å². The maximum Gasteiger partial charge on any atom is 0.145 e. The molecule has 2 N–H and O–H groups in total. The normalized spacial score (nSPS) is 14.7. The Hall–Kier alpha value is -0.780. The highest BCUT2D eigenvalue weighted by molar-refractivity contribution is 7.74. The van der Waals surface area contributed by atoms with E-state index in [0.717, 1.165) is 12.0 Å². The summed E-state index contributed by atoms with van der Waals surface area (Å²) >= 11 is 4.13. The van der Waals surface area contributed by atoms with Crippen molar-refractivity contribution >= 4 is 18.5 Å². The molecule has 0 aliphatic heterocycles. The number of halogens is 1. The minimum Gasteiger partial charge on any atom is -0.207 e. The van der Waals surface area contributed by atoms with Crippen molar-refractivity contribution in [3.05, 3.63) is 29.1 Å². The van der Waals surface area contributed by atoms with Crippen LogP contribution in [0.1, 0.15) is 44.2 Å². The number of anilines is 1. The molecule has 0 radical (unpaired) electrons. The highest BCUT2D eigenvalue weighted by Crippen LogP contribution is 2.29. The van der Waals surface area contributed by atoms with Crippen LogP contribution in [0.3, 0.4) is 0 Å². The van der Waals surface area contributed by atoms with Gasteiger partial charge in [-0.05, 0) is 40.3 Å². The monoisotopic (exact) mass is 273 g/mol. The molecule has 1 aromatic carbocycles. The van der Waals surface area contributed by atoms with E-state index < -0.39 is 4.16 Å². The summed E-state index contributed by atoms with van der Waals surface area (Å²) in [6.07, 6.45) is 0.782. The Morgan fingerprint density at radius 3 is 2.56 bits per heavy atom. The number of benzene rings is 1. The van der Waals surface area contributed by atoms with Gasteiger partial charge >= 0.3 is 0 Å². The number of rotatable bonds is 5. The van der Waals surface area contributed by atoms with Crippen molar-refractivity contribution in [3.63, 3.8) is 0 Å². The SMILES string of the molecule is CCC[N+](O)(S)Nc1ccc(F)c(C(C)C)c1C. The lowest BCUT2D eigenvalue weighted by atomic mass is 9.96. The van der Waals surface area contributed by atoms with E-state index in [2.05, 4.69) is 18.2 Å². The Bertz CT molecular complexity index is 422. The second-order valence-electron chi connectivity index (χ2n) is 4.85. The summed E-state index contributed by atoms with van der Waals surface area (Å²) in [7, 11) is 0. The molecule has 0 amide bonds. The van der Waals surface area contributed by atoms with Crippen LogP contribution in [0, 0.1) is 12.7 Å².